The van der Waals surface area contributed by atoms with E-state index in [1.807, 2.05) is 51.2 Å². The molecule has 3 aromatic rings. The molecule has 12 heteroatoms. The lowest BCUT2D eigenvalue weighted by Crippen LogP contribution is -2.19. The second-order valence-electron chi connectivity index (χ2n) is 7.76. The fourth-order valence-corrected chi connectivity index (χ4v) is 3.22. The number of anilines is 5. The average molecular weight is 534 g/mol. The molecule has 0 amide bonds. The van der Waals surface area contributed by atoms with Gasteiger partial charge in [0.05, 0.1) is 23.7 Å². The minimum Gasteiger partial charge on any atom is -0.482 e. The van der Waals surface area contributed by atoms with Crippen LogP contribution in [0.4, 0.5) is 28.8 Å². The van der Waals surface area contributed by atoms with Gasteiger partial charge in [-0.3, -0.25) is 0 Å². The molecule has 0 radical (unpaired) electrons. The first-order valence-corrected chi connectivity index (χ1v) is 11.9. The highest BCUT2D eigenvalue weighted by Crippen LogP contribution is 2.31. The summed E-state index contributed by atoms with van der Waals surface area (Å²) in [7, 11) is 1.86. The summed E-state index contributed by atoms with van der Waals surface area (Å²) in [6, 6.07) is 11.5. The highest BCUT2D eigenvalue weighted by molar-refractivity contribution is 7.51. The average Bonchev–Trinajstić information content (AvgIpc) is 2.82. The number of aromatic nitrogens is 2. The van der Waals surface area contributed by atoms with Crippen LogP contribution in [-0.4, -0.2) is 44.1 Å². The zero-order valence-corrected chi connectivity index (χ0v) is 22.1. The molecule has 0 bridgehead atoms. The third-order valence-corrected chi connectivity index (χ3v) is 4.96. The summed E-state index contributed by atoms with van der Waals surface area (Å²) < 4.78 is 27.3. The molecular weight excluding hydrogens is 506 g/mol. The van der Waals surface area contributed by atoms with Gasteiger partial charge in [-0.2, -0.15) is 13.4 Å². The second-order valence-corrected chi connectivity index (χ2v) is 8.31. The lowest BCUT2D eigenvalue weighted by molar-refractivity contribution is -0.149. The van der Waals surface area contributed by atoms with Crippen LogP contribution in [0.25, 0.3) is 0 Å². The van der Waals surface area contributed by atoms with Gasteiger partial charge >= 0.3 is 17.5 Å². The van der Waals surface area contributed by atoms with E-state index in [1.54, 1.807) is 19.9 Å². The van der Waals surface area contributed by atoms with Gasteiger partial charge in [0.15, 0.2) is 12.4 Å². The standard InChI is InChI=1S/C24H28ClN5O3.O2S/c1-14(2)33-22(31)13-32-21-8-6-7-18(16(21)4)29-24-27-12-17(25)23(30-24)28-19-10-9-15(3)11-20(19)26-5;1-3-2/h6-12,14,26H,13H2,1-5H3,(H2,27,28,29,30);. The van der Waals surface area contributed by atoms with E-state index in [9.17, 15) is 4.79 Å². The monoisotopic (exact) mass is 533 g/mol. The smallest absolute Gasteiger partial charge is 0.344 e. The van der Waals surface area contributed by atoms with Crippen molar-refractivity contribution >= 4 is 58.0 Å². The molecule has 1 heterocycles. The maximum Gasteiger partial charge on any atom is 0.344 e. The van der Waals surface area contributed by atoms with Crippen molar-refractivity contribution in [3.8, 4) is 5.75 Å². The zero-order valence-electron chi connectivity index (χ0n) is 20.5. The quantitative estimate of drug-likeness (QED) is 0.325. The van der Waals surface area contributed by atoms with Gasteiger partial charge in [0.2, 0.25) is 5.95 Å². The van der Waals surface area contributed by atoms with E-state index in [1.165, 1.54) is 6.20 Å². The largest absolute Gasteiger partial charge is 0.482 e. The summed E-state index contributed by atoms with van der Waals surface area (Å²) in [5, 5.41) is 10.0. The Labute approximate surface area is 218 Å². The molecule has 0 unspecified atom stereocenters. The highest BCUT2D eigenvalue weighted by Gasteiger charge is 2.13. The van der Waals surface area contributed by atoms with Crippen molar-refractivity contribution in [2.45, 2.75) is 33.8 Å². The Morgan fingerprint density at radius 3 is 2.47 bits per heavy atom. The van der Waals surface area contributed by atoms with Crippen LogP contribution in [0.2, 0.25) is 5.02 Å². The summed E-state index contributed by atoms with van der Waals surface area (Å²) >= 11 is 5.59. The first kappa shape index (κ1) is 28.5. The van der Waals surface area contributed by atoms with E-state index >= 15 is 0 Å². The minimum absolute atomic E-state index is 0.168. The van der Waals surface area contributed by atoms with E-state index in [0.29, 0.717) is 22.5 Å². The zero-order chi connectivity index (χ0) is 26.7. The molecular formula is C24H28ClN5O5S. The van der Waals surface area contributed by atoms with Gasteiger partial charge in [0.1, 0.15) is 10.8 Å². The van der Waals surface area contributed by atoms with Gasteiger partial charge in [0, 0.05) is 18.3 Å². The second kappa shape index (κ2) is 14.0. The molecule has 36 heavy (non-hydrogen) atoms. The number of rotatable bonds is 9. The van der Waals surface area contributed by atoms with Gasteiger partial charge < -0.3 is 25.4 Å². The van der Waals surface area contributed by atoms with E-state index < -0.39 is 17.5 Å². The van der Waals surface area contributed by atoms with Gasteiger partial charge in [-0.1, -0.05) is 23.7 Å². The third-order valence-electron chi connectivity index (χ3n) is 4.68. The lowest BCUT2D eigenvalue weighted by atomic mass is 10.2. The number of ether oxygens (including phenoxy) is 2. The number of esters is 1. The first-order chi connectivity index (χ1) is 17.2. The molecule has 2 aromatic carbocycles. The Kier molecular flexibility index (Phi) is 11.1. The number of halogens is 1. The number of benzene rings is 2. The Morgan fingerprint density at radius 2 is 1.81 bits per heavy atom. The number of aryl methyl sites for hydroxylation is 1. The first-order valence-electron chi connectivity index (χ1n) is 10.9. The summed E-state index contributed by atoms with van der Waals surface area (Å²) in [5.41, 5.74) is 4.45. The van der Waals surface area contributed by atoms with E-state index in [0.717, 1.165) is 28.2 Å². The Bertz CT molecular complexity index is 1240. The maximum atomic E-state index is 11.8. The summed E-state index contributed by atoms with van der Waals surface area (Å²) in [6.45, 7) is 7.32. The van der Waals surface area contributed by atoms with Crippen molar-refractivity contribution in [3.05, 3.63) is 58.7 Å². The SMILES string of the molecule is CNc1cc(C)ccc1Nc1nc(Nc2cccc(OCC(=O)OC(C)C)c2C)ncc1Cl.O=S=O. The fourth-order valence-electron chi connectivity index (χ4n) is 3.08. The molecule has 0 fully saturated rings. The lowest BCUT2D eigenvalue weighted by Gasteiger charge is -2.16. The minimum atomic E-state index is -0.750. The Morgan fingerprint density at radius 1 is 1.08 bits per heavy atom. The predicted octanol–water partition coefficient (Wildman–Crippen LogP) is 4.94. The van der Waals surface area contributed by atoms with Crippen LogP contribution < -0.4 is 20.7 Å². The van der Waals surface area contributed by atoms with Crippen molar-refractivity contribution < 1.29 is 22.7 Å². The maximum absolute atomic E-state index is 11.8. The molecule has 0 aliphatic carbocycles. The summed E-state index contributed by atoms with van der Waals surface area (Å²) in [6.07, 6.45) is 1.34. The molecule has 1 aromatic heterocycles. The molecule has 0 aliphatic rings. The van der Waals surface area contributed by atoms with E-state index in [2.05, 4.69) is 25.9 Å². The van der Waals surface area contributed by atoms with Crippen LogP contribution in [0.3, 0.4) is 0 Å². The van der Waals surface area contributed by atoms with Crippen LogP contribution in [0.1, 0.15) is 25.0 Å². The molecule has 0 atom stereocenters. The molecule has 0 saturated carbocycles. The number of hydrogen-bond acceptors (Lipinski definition) is 10. The molecule has 3 rings (SSSR count). The number of hydrogen-bond donors (Lipinski definition) is 3. The predicted molar refractivity (Wildman–Crippen MR) is 141 cm³/mol. The number of carbonyl (C=O) groups excluding carboxylic acids is 1. The molecule has 0 spiro atoms. The number of nitrogens with zero attached hydrogens (tertiary/aromatic N) is 2. The van der Waals surface area contributed by atoms with Crippen molar-refractivity contribution in [2.75, 3.05) is 29.6 Å². The van der Waals surface area contributed by atoms with Crippen molar-refractivity contribution in [2.24, 2.45) is 0 Å². The van der Waals surface area contributed by atoms with Crippen molar-refractivity contribution in [1.29, 1.82) is 0 Å². The van der Waals surface area contributed by atoms with Crippen molar-refractivity contribution in [3.63, 3.8) is 0 Å². The van der Waals surface area contributed by atoms with E-state index in [4.69, 9.17) is 29.5 Å². The van der Waals surface area contributed by atoms with Crippen LogP contribution in [0.5, 0.6) is 5.75 Å². The summed E-state index contributed by atoms with van der Waals surface area (Å²) in [4.78, 5) is 20.6. The van der Waals surface area contributed by atoms with Gasteiger partial charge in [-0.25, -0.2) is 9.78 Å². The van der Waals surface area contributed by atoms with Crippen LogP contribution in [0, 0.1) is 13.8 Å². The van der Waals surface area contributed by atoms with Gasteiger partial charge in [-0.15, -0.1) is 0 Å². The van der Waals surface area contributed by atoms with E-state index in [-0.39, 0.29) is 12.7 Å². The normalized spacial score (nSPS) is 10.1. The van der Waals surface area contributed by atoms with Gasteiger partial charge in [0.25, 0.3) is 0 Å². The van der Waals surface area contributed by atoms with Crippen molar-refractivity contribution in [1.82, 2.24) is 9.97 Å². The molecule has 10 nitrogen and oxygen atoms in total. The van der Waals surface area contributed by atoms with Gasteiger partial charge in [-0.05, 0) is 57.5 Å². The number of carbonyl (C=O) groups is 1. The van der Waals surface area contributed by atoms with Crippen LogP contribution in [-0.2, 0) is 21.1 Å². The Hall–Kier alpha value is -3.70. The Balaban J connectivity index is 0.00000145. The fraction of sp³-hybridized carbons (Fsp3) is 0.292. The molecule has 3 N–H and O–H groups in total. The molecule has 0 saturated heterocycles. The molecule has 0 aliphatic heterocycles. The topological polar surface area (TPSA) is 132 Å². The summed E-state index contributed by atoms with van der Waals surface area (Å²) in [5.74, 6) is 0.971. The van der Waals surface area contributed by atoms with Crippen LogP contribution in [0.15, 0.2) is 42.6 Å². The number of nitrogens with one attached hydrogen (secondary N) is 3. The molecule has 192 valence electrons. The highest BCUT2D eigenvalue weighted by atomic mass is 35.5. The third kappa shape index (κ3) is 8.51. The van der Waals surface area contributed by atoms with Crippen LogP contribution >= 0.6 is 11.6 Å².